The van der Waals surface area contributed by atoms with Crippen molar-refractivity contribution in [1.82, 2.24) is 5.32 Å². The van der Waals surface area contributed by atoms with Crippen LogP contribution in [0.3, 0.4) is 0 Å². The first-order valence-corrected chi connectivity index (χ1v) is 2.94. The predicted octanol–water partition coefficient (Wildman–Crippen LogP) is 1.25. The maximum Gasteiger partial charge on any atom is 0.403 e. The van der Waals surface area contributed by atoms with Gasteiger partial charge in [-0.2, -0.15) is 13.2 Å². The average Bonchev–Trinajstić information content (AvgIpc) is 2.11. The van der Waals surface area contributed by atoms with Crippen LogP contribution in [0, 0.1) is 0 Å². The number of hydrogen-bond donors (Lipinski definition) is 1. The highest BCUT2D eigenvalue weighted by atomic mass is 19.4. The molecule has 60 valence electrons. The van der Waals surface area contributed by atoms with Crippen LogP contribution in [0.1, 0.15) is 6.42 Å². The summed E-state index contributed by atoms with van der Waals surface area (Å²) in [6.45, 7) is -0.176. The Morgan fingerprint density at radius 1 is 1.30 bits per heavy atom. The van der Waals surface area contributed by atoms with Crippen LogP contribution >= 0.6 is 0 Å². The molecule has 1 saturated heterocycles. The maximum absolute atomic E-state index is 12.1. The zero-order valence-electron chi connectivity index (χ0n) is 5.08. The second-order valence-corrected chi connectivity index (χ2v) is 2.34. The molecule has 2 atom stereocenters. The van der Waals surface area contributed by atoms with Gasteiger partial charge in [-0.05, 0) is 0 Å². The molecule has 1 aliphatic rings. The van der Waals surface area contributed by atoms with Crippen molar-refractivity contribution < 1.29 is 17.6 Å². The topological polar surface area (TPSA) is 12.0 Å². The highest BCUT2D eigenvalue weighted by molar-refractivity contribution is 4.86. The Kier molecular flexibility index (Phi) is 1.85. The molecule has 0 bridgehead atoms. The summed E-state index contributed by atoms with van der Waals surface area (Å²) in [6, 6.07) is -1.64. The van der Waals surface area contributed by atoms with Crippen molar-refractivity contribution in [1.29, 1.82) is 0 Å². The summed E-state index contributed by atoms with van der Waals surface area (Å²) in [4.78, 5) is 0. The van der Waals surface area contributed by atoms with Crippen LogP contribution in [0.5, 0.6) is 0 Å². The van der Waals surface area contributed by atoms with Gasteiger partial charge < -0.3 is 5.32 Å². The third-order valence-electron chi connectivity index (χ3n) is 1.47. The van der Waals surface area contributed by atoms with Crippen molar-refractivity contribution in [2.75, 3.05) is 6.54 Å². The number of rotatable bonds is 0. The molecular formula is C5H7F4N. The normalized spacial score (nSPS) is 34.8. The first-order chi connectivity index (χ1) is 4.50. The predicted molar refractivity (Wildman–Crippen MR) is 27.4 cm³/mol. The Balaban J connectivity index is 2.45. The fraction of sp³-hybridized carbons (Fsp3) is 1.00. The fourth-order valence-electron chi connectivity index (χ4n) is 0.942. The Morgan fingerprint density at radius 3 is 2.10 bits per heavy atom. The van der Waals surface area contributed by atoms with Gasteiger partial charge in [0.25, 0.3) is 0 Å². The lowest BCUT2D eigenvalue weighted by molar-refractivity contribution is -0.152. The zero-order chi connectivity index (χ0) is 7.78. The van der Waals surface area contributed by atoms with Crippen molar-refractivity contribution >= 4 is 0 Å². The molecule has 1 nitrogen and oxygen atoms in total. The fourth-order valence-corrected chi connectivity index (χ4v) is 0.942. The zero-order valence-corrected chi connectivity index (χ0v) is 5.08. The molecule has 1 N–H and O–H groups in total. The second kappa shape index (κ2) is 2.38. The summed E-state index contributed by atoms with van der Waals surface area (Å²) in [6.07, 6.45) is -6.07. The highest BCUT2D eigenvalue weighted by Gasteiger charge is 2.44. The lowest BCUT2D eigenvalue weighted by Gasteiger charge is -2.13. The van der Waals surface area contributed by atoms with Gasteiger partial charge in [0.2, 0.25) is 0 Å². The van der Waals surface area contributed by atoms with E-state index in [-0.39, 0.29) is 6.54 Å². The van der Waals surface area contributed by atoms with Crippen LogP contribution in [-0.4, -0.2) is 24.9 Å². The van der Waals surface area contributed by atoms with Crippen LogP contribution in [0.4, 0.5) is 17.6 Å². The van der Waals surface area contributed by atoms with E-state index in [0.29, 0.717) is 0 Å². The van der Waals surface area contributed by atoms with E-state index in [0.717, 1.165) is 0 Å². The summed E-state index contributed by atoms with van der Waals surface area (Å²) in [5.74, 6) is 0. The Labute approximate surface area is 55.4 Å². The smallest absolute Gasteiger partial charge is 0.303 e. The molecule has 1 heterocycles. The van der Waals surface area contributed by atoms with E-state index in [1.807, 2.05) is 5.32 Å². The van der Waals surface area contributed by atoms with E-state index in [9.17, 15) is 17.6 Å². The monoisotopic (exact) mass is 157 g/mol. The molecule has 1 rings (SSSR count). The van der Waals surface area contributed by atoms with Gasteiger partial charge in [-0.15, -0.1) is 0 Å². The summed E-state index contributed by atoms with van der Waals surface area (Å²) in [5, 5.41) is 2.05. The first-order valence-electron chi connectivity index (χ1n) is 2.94. The van der Waals surface area contributed by atoms with Crippen LogP contribution in [0.15, 0.2) is 0 Å². The third kappa shape index (κ3) is 1.59. The van der Waals surface area contributed by atoms with Crippen LogP contribution in [0.2, 0.25) is 0 Å². The van der Waals surface area contributed by atoms with Crippen LogP contribution in [0.25, 0.3) is 0 Å². The Morgan fingerprint density at radius 2 is 1.90 bits per heavy atom. The molecule has 1 fully saturated rings. The average molecular weight is 157 g/mol. The molecule has 10 heavy (non-hydrogen) atoms. The van der Waals surface area contributed by atoms with E-state index >= 15 is 0 Å². The minimum atomic E-state index is -4.29. The third-order valence-corrected chi connectivity index (χ3v) is 1.47. The van der Waals surface area contributed by atoms with Crippen molar-refractivity contribution in [2.45, 2.75) is 24.8 Å². The summed E-state index contributed by atoms with van der Waals surface area (Å²) >= 11 is 0. The molecule has 1 aliphatic heterocycles. The van der Waals surface area contributed by atoms with Gasteiger partial charge in [0.1, 0.15) is 12.2 Å². The van der Waals surface area contributed by atoms with Gasteiger partial charge >= 0.3 is 6.18 Å². The summed E-state index contributed by atoms with van der Waals surface area (Å²) < 4.78 is 47.3. The number of hydrogen-bond acceptors (Lipinski definition) is 1. The van der Waals surface area contributed by atoms with E-state index in [2.05, 4.69) is 0 Å². The van der Waals surface area contributed by atoms with Crippen LogP contribution < -0.4 is 5.32 Å². The molecule has 0 saturated carbocycles. The quantitative estimate of drug-likeness (QED) is 0.522. The van der Waals surface area contributed by atoms with E-state index < -0.39 is 24.8 Å². The van der Waals surface area contributed by atoms with Gasteiger partial charge in [0, 0.05) is 13.0 Å². The molecule has 0 aliphatic carbocycles. The van der Waals surface area contributed by atoms with Gasteiger partial charge in [-0.1, -0.05) is 0 Å². The van der Waals surface area contributed by atoms with Crippen molar-refractivity contribution in [3.63, 3.8) is 0 Å². The minimum absolute atomic E-state index is 0.176. The maximum atomic E-state index is 12.1. The summed E-state index contributed by atoms with van der Waals surface area (Å²) in [7, 11) is 0. The lowest BCUT2D eigenvalue weighted by atomic mass is 10.2. The molecule has 0 aromatic heterocycles. The Bertz CT molecular complexity index is 121. The van der Waals surface area contributed by atoms with Crippen LogP contribution in [-0.2, 0) is 0 Å². The number of alkyl halides is 4. The molecule has 0 aromatic rings. The number of nitrogens with one attached hydrogen (secondary N) is 1. The first kappa shape index (κ1) is 7.78. The second-order valence-electron chi connectivity index (χ2n) is 2.34. The Hall–Kier alpha value is -0.320. The molecule has 0 amide bonds. The SMILES string of the molecule is FC1CN[C@@H](C(F)(F)F)C1. The molecule has 0 spiro atoms. The van der Waals surface area contributed by atoms with E-state index in [1.165, 1.54) is 0 Å². The van der Waals surface area contributed by atoms with Crippen molar-refractivity contribution in [2.24, 2.45) is 0 Å². The molecule has 5 heteroatoms. The molecular weight excluding hydrogens is 150 g/mol. The van der Waals surface area contributed by atoms with Crippen molar-refractivity contribution in [3.8, 4) is 0 Å². The molecule has 0 aromatic carbocycles. The van der Waals surface area contributed by atoms with Gasteiger partial charge in [-0.25, -0.2) is 4.39 Å². The van der Waals surface area contributed by atoms with Gasteiger partial charge in [0.15, 0.2) is 0 Å². The minimum Gasteiger partial charge on any atom is -0.303 e. The van der Waals surface area contributed by atoms with E-state index in [4.69, 9.17) is 0 Å². The molecule has 1 unspecified atom stereocenters. The van der Waals surface area contributed by atoms with Gasteiger partial charge in [-0.3, -0.25) is 0 Å². The van der Waals surface area contributed by atoms with Gasteiger partial charge in [0.05, 0.1) is 0 Å². The molecule has 0 radical (unpaired) electrons. The highest BCUT2D eigenvalue weighted by Crippen LogP contribution is 2.27. The summed E-state index contributed by atoms with van der Waals surface area (Å²) in [5.41, 5.74) is 0. The lowest BCUT2D eigenvalue weighted by Crippen LogP contribution is -2.36. The standard InChI is InChI=1S/C5H7F4N/c6-3-1-4(10-2-3)5(7,8)9/h3-4,10H,1-2H2/t3?,4-/m1/s1. The van der Waals surface area contributed by atoms with Crippen molar-refractivity contribution in [3.05, 3.63) is 0 Å². The largest absolute Gasteiger partial charge is 0.403 e. The number of halogens is 4. The van der Waals surface area contributed by atoms with E-state index in [1.54, 1.807) is 0 Å².